The van der Waals surface area contributed by atoms with Gasteiger partial charge in [-0.25, -0.2) is 0 Å². The third-order valence-electron chi connectivity index (χ3n) is 9.70. The van der Waals surface area contributed by atoms with E-state index in [1.807, 2.05) is 0 Å². The molecule has 0 saturated heterocycles. The van der Waals surface area contributed by atoms with Gasteiger partial charge in [-0.2, -0.15) is 0 Å². The van der Waals surface area contributed by atoms with Gasteiger partial charge in [0.1, 0.15) is 0 Å². The average molecular weight is 474 g/mol. The Morgan fingerprint density at radius 3 is 1.95 bits per heavy atom. The largest absolute Gasteiger partial charge is 0.308 e. The van der Waals surface area contributed by atoms with Crippen LogP contribution in [0, 0.1) is 0 Å². The molecule has 7 aromatic rings. The molecule has 1 heteroatoms. The number of rotatable bonds is 0. The van der Waals surface area contributed by atoms with Crippen LogP contribution in [0.5, 0.6) is 0 Å². The molecular weight excluding hydrogens is 446 g/mol. The van der Waals surface area contributed by atoms with E-state index >= 15 is 0 Å². The molecule has 0 spiro atoms. The zero-order chi connectivity index (χ0) is 24.8. The van der Waals surface area contributed by atoms with E-state index in [1.54, 1.807) is 0 Å². The second-order valence-electron chi connectivity index (χ2n) is 12.2. The fraction of sp³-hybridized carbons (Fsp3) is 0.167. The Bertz CT molecular complexity index is 2120. The molecule has 2 aliphatic rings. The van der Waals surface area contributed by atoms with Crippen molar-refractivity contribution in [1.29, 1.82) is 0 Å². The Morgan fingerprint density at radius 1 is 0.486 bits per heavy atom. The standard InChI is InChI=1S/C36H27N/c1-35(2)27-14-7-6-11-21(27)25-18-26-23-12-9-13-24-32-30(37(34(23)24)31(26)19-29(25)35)17-16-22-20-10-5-8-15-28(20)36(3,4)33(22)32/h5-19H,1-4H3. The molecule has 9 rings (SSSR count). The highest BCUT2D eigenvalue weighted by Crippen LogP contribution is 2.55. The lowest BCUT2D eigenvalue weighted by atomic mass is 9.80. The van der Waals surface area contributed by atoms with E-state index in [2.05, 4.69) is 123 Å². The quantitative estimate of drug-likeness (QED) is 0.207. The Morgan fingerprint density at radius 2 is 1.16 bits per heavy atom. The van der Waals surface area contributed by atoms with Crippen LogP contribution in [-0.4, -0.2) is 4.40 Å². The maximum atomic E-state index is 2.56. The molecule has 0 bridgehead atoms. The molecular formula is C36H27N. The van der Waals surface area contributed by atoms with Gasteiger partial charge >= 0.3 is 0 Å². The lowest BCUT2D eigenvalue weighted by Crippen LogP contribution is -2.15. The molecule has 2 aromatic heterocycles. The first-order chi connectivity index (χ1) is 17.9. The van der Waals surface area contributed by atoms with Crippen molar-refractivity contribution in [3.63, 3.8) is 0 Å². The summed E-state index contributed by atoms with van der Waals surface area (Å²) >= 11 is 0. The Balaban J connectivity index is 1.47. The van der Waals surface area contributed by atoms with Crippen LogP contribution in [0.3, 0.4) is 0 Å². The summed E-state index contributed by atoms with van der Waals surface area (Å²) in [6, 6.07) is 34.6. The van der Waals surface area contributed by atoms with Crippen molar-refractivity contribution in [2.45, 2.75) is 38.5 Å². The number of benzene rings is 5. The third-order valence-corrected chi connectivity index (χ3v) is 9.70. The predicted octanol–water partition coefficient (Wildman–Crippen LogP) is 9.45. The van der Waals surface area contributed by atoms with Gasteiger partial charge < -0.3 is 4.40 Å². The minimum atomic E-state index is -0.0375. The minimum absolute atomic E-state index is 0.0112. The molecule has 0 unspecified atom stereocenters. The van der Waals surface area contributed by atoms with E-state index in [4.69, 9.17) is 0 Å². The first-order valence-electron chi connectivity index (χ1n) is 13.4. The summed E-state index contributed by atoms with van der Waals surface area (Å²) in [5, 5.41) is 5.51. The number of para-hydroxylation sites is 1. The molecule has 5 aromatic carbocycles. The summed E-state index contributed by atoms with van der Waals surface area (Å²) in [5.74, 6) is 0. The highest BCUT2D eigenvalue weighted by atomic mass is 14.9. The van der Waals surface area contributed by atoms with Crippen LogP contribution < -0.4 is 0 Å². The number of hydrogen-bond donors (Lipinski definition) is 0. The molecule has 2 aliphatic carbocycles. The van der Waals surface area contributed by atoms with Crippen molar-refractivity contribution >= 4 is 38.1 Å². The topological polar surface area (TPSA) is 4.41 Å². The molecule has 0 N–H and O–H groups in total. The van der Waals surface area contributed by atoms with E-state index in [-0.39, 0.29) is 10.8 Å². The Labute approximate surface area is 216 Å². The third kappa shape index (κ3) is 2.09. The number of fused-ring (bicyclic) bond motifs is 13. The van der Waals surface area contributed by atoms with Crippen LogP contribution in [0.4, 0.5) is 0 Å². The highest BCUT2D eigenvalue weighted by molar-refractivity contribution is 6.25. The molecule has 2 heterocycles. The lowest BCUT2D eigenvalue weighted by Gasteiger charge is -2.22. The number of hydrogen-bond acceptors (Lipinski definition) is 0. The molecule has 37 heavy (non-hydrogen) atoms. The first kappa shape index (κ1) is 20.0. The van der Waals surface area contributed by atoms with Gasteiger partial charge in [-0.3, -0.25) is 0 Å². The Hall–Kier alpha value is -4.10. The summed E-state index contributed by atoms with van der Waals surface area (Å²) in [4.78, 5) is 0. The molecule has 0 saturated carbocycles. The van der Waals surface area contributed by atoms with Crippen LogP contribution in [0.2, 0.25) is 0 Å². The van der Waals surface area contributed by atoms with Gasteiger partial charge in [-0.15, -0.1) is 0 Å². The van der Waals surface area contributed by atoms with Crippen molar-refractivity contribution in [2.24, 2.45) is 0 Å². The molecule has 0 aliphatic heterocycles. The van der Waals surface area contributed by atoms with Gasteiger partial charge in [0.25, 0.3) is 0 Å². The number of nitrogens with zero attached hydrogens (tertiary/aromatic N) is 1. The van der Waals surface area contributed by atoms with Crippen molar-refractivity contribution in [2.75, 3.05) is 0 Å². The van der Waals surface area contributed by atoms with E-state index in [0.29, 0.717) is 0 Å². The molecule has 0 fully saturated rings. The van der Waals surface area contributed by atoms with Crippen LogP contribution in [0.1, 0.15) is 49.9 Å². The predicted molar refractivity (Wildman–Crippen MR) is 156 cm³/mol. The van der Waals surface area contributed by atoms with Crippen LogP contribution >= 0.6 is 0 Å². The maximum absolute atomic E-state index is 2.56. The van der Waals surface area contributed by atoms with Crippen molar-refractivity contribution in [3.05, 3.63) is 113 Å². The second-order valence-corrected chi connectivity index (χ2v) is 12.2. The summed E-state index contributed by atoms with van der Waals surface area (Å²) < 4.78 is 2.56. The smallest absolute Gasteiger partial charge is 0.0620 e. The van der Waals surface area contributed by atoms with E-state index < -0.39 is 0 Å². The van der Waals surface area contributed by atoms with E-state index in [9.17, 15) is 0 Å². The SMILES string of the molecule is CC1(C)c2ccccc2-c2cc3c4cccc5c6c7c(ccc6n(c3cc21)c45)-c1ccccc1C7(C)C. The normalized spacial score (nSPS) is 16.5. The van der Waals surface area contributed by atoms with Crippen LogP contribution in [0.15, 0.2) is 91.0 Å². The molecule has 0 atom stereocenters. The van der Waals surface area contributed by atoms with Gasteiger partial charge in [-0.1, -0.05) is 100 Å². The van der Waals surface area contributed by atoms with Gasteiger partial charge in [0.05, 0.1) is 16.6 Å². The fourth-order valence-electron chi connectivity index (χ4n) is 8.03. The highest BCUT2D eigenvalue weighted by Gasteiger charge is 2.39. The number of aromatic nitrogens is 1. The summed E-state index contributed by atoms with van der Waals surface area (Å²) in [6.45, 7) is 9.55. The summed E-state index contributed by atoms with van der Waals surface area (Å²) in [7, 11) is 0. The van der Waals surface area contributed by atoms with Crippen LogP contribution in [-0.2, 0) is 10.8 Å². The monoisotopic (exact) mass is 473 g/mol. The van der Waals surface area contributed by atoms with Gasteiger partial charge in [0, 0.05) is 32.4 Å². The van der Waals surface area contributed by atoms with Crippen LogP contribution in [0.25, 0.3) is 60.3 Å². The molecule has 1 nitrogen and oxygen atoms in total. The average Bonchev–Trinajstić information content (AvgIpc) is 3.56. The lowest BCUT2D eigenvalue weighted by molar-refractivity contribution is 0.661. The van der Waals surface area contributed by atoms with Gasteiger partial charge in [0.2, 0.25) is 0 Å². The summed E-state index contributed by atoms with van der Waals surface area (Å²) in [5.41, 5.74) is 15.3. The summed E-state index contributed by atoms with van der Waals surface area (Å²) in [6.07, 6.45) is 0. The van der Waals surface area contributed by atoms with Gasteiger partial charge in [0.15, 0.2) is 0 Å². The van der Waals surface area contributed by atoms with Gasteiger partial charge in [-0.05, 0) is 62.7 Å². The van der Waals surface area contributed by atoms with Crippen molar-refractivity contribution in [3.8, 4) is 22.3 Å². The van der Waals surface area contributed by atoms with Crippen molar-refractivity contribution < 1.29 is 0 Å². The Kier molecular flexibility index (Phi) is 3.28. The second kappa shape index (κ2) is 6.06. The molecule has 176 valence electrons. The zero-order valence-corrected chi connectivity index (χ0v) is 21.6. The van der Waals surface area contributed by atoms with Crippen molar-refractivity contribution in [1.82, 2.24) is 4.40 Å². The molecule has 0 amide bonds. The minimum Gasteiger partial charge on any atom is -0.308 e. The zero-order valence-electron chi connectivity index (χ0n) is 21.6. The fourth-order valence-corrected chi connectivity index (χ4v) is 8.03. The van der Waals surface area contributed by atoms with E-state index in [0.717, 1.165) is 0 Å². The molecule has 0 radical (unpaired) electrons. The van der Waals surface area contributed by atoms with E-state index in [1.165, 1.54) is 82.6 Å². The maximum Gasteiger partial charge on any atom is 0.0620 e. The first-order valence-corrected chi connectivity index (χ1v) is 13.4.